The fourth-order valence-corrected chi connectivity index (χ4v) is 4.24. The minimum Gasteiger partial charge on any atom is -0.463 e. The van der Waals surface area contributed by atoms with E-state index in [0.717, 1.165) is 24.8 Å². The summed E-state index contributed by atoms with van der Waals surface area (Å²) in [6.07, 6.45) is 4.42. The van der Waals surface area contributed by atoms with Gasteiger partial charge in [-0.3, -0.25) is 0 Å². The maximum Gasteiger partial charge on any atom is 0.333 e. The lowest BCUT2D eigenvalue weighted by atomic mass is 9.99. The molecule has 0 aliphatic heterocycles. The quantitative estimate of drug-likeness (QED) is 0.545. The van der Waals surface area contributed by atoms with Gasteiger partial charge in [-0.05, 0) is 32.6 Å². The van der Waals surface area contributed by atoms with Gasteiger partial charge in [-0.2, -0.15) is 0 Å². The smallest absolute Gasteiger partial charge is 0.333 e. The van der Waals surface area contributed by atoms with Crippen molar-refractivity contribution in [2.75, 3.05) is 6.61 Å². The Morgan fingerprint density at radius 2 is 1.87 bits per heavy atom. The van der Waals surface area contributed by atoms with Gasteiger partial charge in [-0.1, -0.05) is 24.8 Å². The maximum absolute atomic E-state index is 11.8. The van der Waals surface area contributed by atoms with Gasteiger partial charge in [0, 0.05) is 5.57 Å². The highest BCUT2D eigenvalue weighted by molar-refractivity contribution is 6.83. The number of rotatable bonds is 3. The average Bonchev–Trinajstić information content (AvgIpc) is 2.17. The Labute approximate surface area is 93.7 Å². The first-order chi connectivity index (χ1) is 6.96. The van der Waals surface area contributed by atoms with Gasteiger partial charge in [-0.25, -0.2) is 4.79 Å². The molecule has 0 N–H and O–H groups in total. The predicted molar refractivity (Wildman–Crippen MR) is 65.5 cm³/mol. The van der Waals surface area contributed by atoms with E-state index in [0.29, 0.717) is 6.61 Å². The second kappa shape index (κ2) is 4.97. The highest BCUT2D eigenvalue weighted by Gasteiger charge is 2.28. The zero-order chi connectivity index (χ0) is 11.5. The van der Waals surface area contributed by atoms with Crippen LogP contribution in [0, 0.1) is 0 Å². The topological polar surface area (TPSA) is 26.3 Å². The van der Waals surface area contributed by atoms with E-state index in [-0.39, 0.29) is 5.97 Å². The van der Waals surface area contributed by atoms with E-state index in [1.807, 2.05) is 6.92 Å². The molecule has 0 heterocycles. The maximum atomic E-state index is 11.8. The summed E-state index contributed by atoms with van der Waals surface area (Å²) in [6, 6.07) is 0. The number of carbonyl (C=O) groups excluding carboxylic acids is 1. The van der Waals surface area contributed by atoms with Gasteiger partial charge in [0.2, 0.25) is 0 Å². The van der Waals surface area contributed by atoms with Crippen molar-refractivity contribution in [3.05, 3.63) is 10.8 Å². The van der Waals surface area contributed by atoms with Crippen molar-refractivity contribution in [1.29, 1.82) is 0 Å². The molecule has 86 valence electrons. The Kier molecular flexibility index (Phi) is 4.14. The van der Waals surface area contributed by atoms with E-state index in [4.69, 9.17) is 4.74 Å². The summed E-state index contributed by atoms with van der Waals surface area (Å²) in [5.41, 5.74) is 1.00. The first-order valence-corrected chi connectivity index (χ1v) is 9.36. The van der Waals surface area contributed by atoms with E-state index >= 15 is 0 Å². The molecule has 0 radical (unpaired) electrons. The highest BCUT2D eigenvalue weighted by Crippen LogP contribution is 2.32. The molecule has 0 aromatic rings. The Hall–Kier alpha value is -0.573. The van der Waals surface area contributed by atoms with Gasteiger partial charge in [-0.15, -0.1) is 0 Å². The predicted octanol–water partition coefficient (Wildman–Crippen LogP) is 3.30. The number of allylic oxidation sites excluding steroid dienone is 1. The normalized spacial score (nSPS) is 17.9. The first-order valence-electron chi connectivity index (χ1n) is 5.86. The molecule has 0 bridgehead atoms. The molecule has 0 unspecified atom stereocenters. The number of hydrogen-bond acceptors (Lipinski definition) is 2. The minimum absolute atomic E-state index is 0.0605. The molecule has 0 spiro atoms. The second-order valence-corrected chi connectivity index (χ2v) is 10.2. The largest absolute Gasteiger partial charge is 0.463 e. The average molecular weight is 226 g/mol. The molecule has 0 aromatic carbocycles. The SMILES string of the molecule is CCOC(=O)C1=C([Si](C)(C)C)CCCC1. The van der Waals surface area contributed by atoms with Crippen LogP contribution in [0.1, 0.15) is 32.6 Å². The zero-order valence-corrected chi connectivity index (χ0v) is 11.4. The molecular formula is C12H22O2Si. The van der Waals surface area contributed by atoms with Gasteiger partial charge in [0.05, 0.1) is 14.7 Å². The van der Waals surface area contributed by atoms with Crippen molar-refractivity contribution in [2.24, 2.45) is 0 Å². The summed E-state index contributed by atoms with van der Waals surface area (Å²) in [4.78, 5) is 11.8. The van der Waals surface area contributed by atoms with Crippen molar-refractivity contribution in [3.8, 4) is 0 Å². The van der Waals surface area contributed by atoms with E-state index in [1.54, 1.807) is 0 Å². The number of hydrogen-bond donors (Lipinski definition) is 0. The first kappa shape index (κ1) is 12.5. The molecule has 0 atom stereocenters. The van der Waals surface area contributed by atoms with Crippen molar-refractivity contribution < 1.29 is 9.53 Å². The van der Waals surface area contributed by atoms with Crippen LogP contribution < -0.4 is 0 Å². The van der Waals surface area contributed by atoms with Crippen molar-refractivity contribution in [3.63, 3.8) is 0 Å². The third-order valence-corrected chi connectivity index (χ3v) is 5.26. The third-order valence-electron chi connectivity index (χ3n) is 2.89. The lowest BCUT2D eigenvalue weighted by molar-refractivity contribution is -0.138. The standard InChI is InChI=1S/C12H22O2Si/c1-5-14-12(13)10-8-6-7-9-11(10)15(2,3)4/h5-9H2,1-4H3. The summed E-state index contributed by atoms with van der Waals surface area (Å²) < 4.78 is 5.13. The Morgan fingerprint density at radius 3 is 2.40 bits per heavy atom. The summed E-state index contributed by atoms with van der Waals surface area (Å²) in [5, 5.41) is 1.44. The van der Waals surface area contributed by atoms with E-state index in [1.165, 1.54) is 11.6 Å². The number of carbonyl (C=O) groups is 1. The zero-order valence-electron chi connectivity index (χ0n) is 10.4. The molecule has 0 saturated heterocycles. The number of ether oxygens (including phenoxy) is 1. The van der Waals surface area contributed by atoms with Gasteiger partial charge in [0.15, 0.2) is 0 Å². The van der Waals surface area contributed by atoms with E-state index in [2.05, 4.69) is 19.6 Å². The van der Waals surface area contributed by atoms with Crippen LogP contribution in [-0.2, 0) is 9.53 Å². The lowest BCUT2D eigenvalue weighted by Gasteiger charge is -2.28. The van der Waals surface area contributed by atoms with Crippen molar-refractivity contribution >= 4 is 14.0 Å². The molecule has 0 aromatic heterocycles. The Balaban J connectivity index is 2.96. The summed E-state index contributed by atoms with van der Waals surface area (Å²) in [6.45, 7) is 9.30. The summed E-state index contributed by atoms with van der Waals surface area (Å²) in [7, 11) is -1.33. The fourth-order valence-electron chi connectivity index (χ4n) is 2.18. The van der Waals surface area contributed by atoms with Gasteiger partial charge >= 0.3 is 5.97 Å². The molecule has 3 heteroatoms. The van der Waals surface area contributed by atoms with Crippen LogP contribution in [0.5, 0.6) is 0 Å². The number of esters is 1. The molecule has 0 fully saturated rings. The molecule has 1 aliphatic rings. The Bertz CT molecular complexity index is 274. The summed E-state index contributed by atoms with van der Waals surface area (Å²) in [5.74, 6) is -0.0605. The van der Waals surface area contributed by atoms with Crippen LogP contribution in [0.4, 0.5) is 0 Å². The van der Waals surface area contributed by atoms with Gasteiger partial charge < -0.3 is 4.74 Å². The van der Waals surface area contributed by atoms with Crippen LogP contribution in [0.2, 0.25) is 19.6 Å². The molecule has 1 rings (SSSR count). The second-order valence-electron chi connectivity index (χ2n) is 5.13. The van der Waals surface area contributed by atoms with E-state index < -0.39 is 8.07 Å². The van der Waals surface area contributed by atoms with Crippen LogP contribution in [0.3, 0.4) is 0 Å². The Morgan fingerprint density at radius 1 is 1.27 bits per heavy atom. The van der Waals surface area contributed by atoms with Crippen LogP contribution >= 0.6 is 0 Å². The van der Waals surface area contributed by atoms with Crippen molar-refractivity contribution in [1.82, 2.24) is 0 Å². The van der Waals surface area contributed by atoms with Gasteiger partial charge in [0.1, 0.15) is 0 Å². The van der Waals surface area contributed by atoms with Crippen LogP contribution in [0.25, 0.3) is 0 Å². The van der Waals surface area contributed by atoms with Crippen LogP contribution in [-0.4, -0.2) is 20.7 Å². The molecule has 0 saturated carbocycles. The van der Waals surface area contributed by atoms with E-state index in [9.17, 15) is 4.79 Å². The van der Waals surface area contributed by atoms with Crippen LogP contribution in [0.15, 0.2) is 10.8 Å². The molecular weight excluding hydrogens is 204 g/mol. The third kappa shape index (κ3) is 3.19. The van der Waals surface area contributed by atoms with Gasteiger partial charge in [0.25, 0.3) is 0 Å². The molecule has 2 nitrogen and oxygen atoms in total. The fraction of sp³-hybridized carbons (Fsp3) is 0.750. The minimum atomic E-state index is -1.33. The molecule has 15 heavy (non-hydrogen) atoms. The molecule has 1 aliphatic carbocycles. The highest BCUT2D eigenvalue weighted by atomic mass is 28.3. The lowest BCUT2D eigenvalue weighted by Crippen LogP contribution is -2.29. The summed E-state index contributed by atoms with van der Waals surface area (Å²) >= 11 is 0. The monoisotopic (exact) mass is 226 g/mol. The van der Waals surface area contributed by atoms with Crippen molar-refractivity contribution in [2.45, 2.75) is 52.2 Å². The molecule has 0 amide bonds.